The Hall–Kier alpha value is -3.78. The van der Waals surface area contributed by atoms with E-state index in [0.717, 1.165) is 28.3 Å². The van der Waals surface area contributed by atoms with E-state index in [1.165, 1.54) is 12.1 Å². The van der Waals surface area contributed by atoms with Crippen LogP contribution in [-0.4, -0.2) is 30.4 Å². The van der Waals surface area contributed by atoms with E-state index in [1.54, 1.807) is 23.0 Å². The fourth-order valence-electron chi connectivity index (χ4n) is 3.62. The Morgan fingerprint density at radius 3 is 2.38 bits per heavy atom. The Labute approximate surface area is 185 Å². The summed E-state index contributed by atoms with van der Waals surface area (Å²) in [5, 5.41) is 5.22. The van der Waals surface area contributed by atoms with Gasteiger partial charge in [-0.2, -0.15) is 5.10 Å². The molecule has 1 N–H and O–H groups in total. The number of hydrogen-bond acceptors (Lipinski definition) is 4. The molecule has 0 aliphatic heterocycles. The summed E-state index contributed by atoms with van der Waals surface area (Å²) >= 11 is 0. The molecule has 0 spiro atoms. The Morgan fingerprint density at radius 1 is 1.03 bits per heavy atom. The maximum Gasteiger partial charge on any atom is 0.261 e. The average molecular weight is 450 g/mol. The van der Waals surface area contributed by atoms with Gasteiger partial charge in [0.25, 0.3) is 5.91 Å². The Kier molecular flexibility index (Phi) is 5.63. The van der Waals surface area contributed by atoms with Gasteiger partial charge < -0.3 is 0 Å². The standard InChI is InChI=1S/C24H20FN3O3S/c1-16(24(29)27-32(2,30)31)23(17-6-4-3-5-7-17)18-8-13-22-19(14-18)15-26-28(22)21-11-9-20(25)10-12-21/h3-15,23H,1H2,2H3,(H,27,29). The number of rotatable bonds is 6. The third kappa shape index (κ3) is 4.45. The van der Waals surface area contributed by atoms with Crippen LogP contribution < -0.4 is 4.72 Å². The largest absolute Gasteiger partial charge is 0.269 e. The van der Waals surface area contributed by atoms with Crippen molar-refractivity contribution < 1.29 is 17.6 Å². The lowest BCUT2D eigenvalue weighted by atomic mass is 9.85. The SMILES string of the molecule is C=C(C(=O)NS(C)(=O)=O)C(c1ccccc1)c1ccc2c(cnn2-c2ccc(F)cc2)c1. The summed E-state index contributed by atoms with van der Waals surface area (Å²) in [6.07, 6.45) is 2.61. The van der Waals surface area contributed by atoms with E-state index in [9.17, 15) is 17.6 Å². The number of fused-ring (bicyclic) bond motifs is 1. The predicted octanol–water partition coefficient (Wildman–Crippen LogP) is 3.93. The molecule has 3 aromatic carbocycles. The highest BCUT2D eigenvalue weighted by Gasteiger charge is 2.25. The number of aromatic nitrogens is 2. The number of hydrogen-bond donors (Lipinski definition) is 1. The summed E-state index contributed by atoms with van der Waals surface area (Å²) in [5.74, 6) is -1.65. The van der Waals surface area contributed by atoms with Gasteiger partial charge in [0, 0.05) is 16.9 Å². The normalized spacial score (nSPS) is 12.4. The van der Waals surface area contributed by atoms with E-state index in [-0.39, 0.29) is 11.4 Å². The molecule has 162 valence electrons. The first-order valence-electron chi connectivity index (χ1n) is 9.72. The Morgan fingerprint density at radius 2 is 1.72 bits per heavy atom. The minimum atomic E-state index is -3.73. The lowest BCUT2D eigenvalue weighted by molar-refractivity contribution is -0.116. The van der Waals surface area contributed by atoms with Crippen molar-refractivity contribution >= 4 is 26.8 Å². The summed E-state index contributed by atoms with van der Waals surface area (Å²) in [5.41, 5.74) is 3.18. The minimum absolute atomic E-state index is 0.104. The molecule has 1 unspecified atom stereocenters. The molecule has 32 heavy (non-hydrogen) atoms. The molecule has 4 aromatic rings. The molecule has 0 fully saturated rings. The van der Waals surface area contributed by atoms with E-state index < -0.39 is 21.8 Å². The number of amides is 1. The molecular formula is C24H20FN3O3S. The van der Waals surface area contributed by atoms with Crippen LogP contribution >= 0.6 is 0 Å². The smallest absolute Gasteiger partial charge is 0.261 e. The molecule has 1 heterocycles. The molecule has 0 saturated carbocycles. The van der Waals surface area contributed by atoms with Gasteiger partial charge in [0.15, 0.2) is 0 Å². The zero-order valence-corrected chi connectivity index (χ0v) is 18.0. The molecule has 0 aliphatic rings. The highest BCUT2D eigenvalue weighted by Crippen LogP contribution is 2.33. The summed E-state index contributed by atoms with van der Waals surface area (Å²) in [6.45, 7) is 3.90. The lowest BCUT2D eigenvalue weighted by Crippen LogP contribution is -2.32. The molecule has 4 rings (SSSR count). The van der Waals surface area contributed by atoms with Crippen LogP contribution in [0.4, 0.5) is 4.39 Å². The van der Waals surface area contributed by atoms with Crippen molar-refractivity contribution in [3.8, 4) is 5.69 Å². The molecule has 1 aromatic heterocycles. The number of sulfonamides is 1. The number of carbonyl (C=O) groups is 1. The summed E-state index contributed by atoms with van der Waals surface area (Å²) in [7, 11) is -3.73. The molecule has 0 aliphatic carbocycles. The van der Waals surface area contributed by atoms with Gasteiger partial charge in [-0.3, -0.25) is 4.79 Å². The second-order valence-corrected chi connectivity index (χ2v) is 9.17. The minimum Gasteiger partial charge on any atom is -0.269 e. The van der Waals surface area contributed by atoms with Crippen LogP contribution in [0, 0.1) is 5.82 Å². The molecular weight excluding hydrogens is 429 g/mol. The number of carbonyl (C=O) groups excluding carboxylic acids is 1. The molecule has 6 nitrogen and oxygen atoms in total. The quantitative estimate of drug-likeness (QED) is 0.452. The van der Waals surface area contributed by atoms with Gasteiger partial charge in [-0.25, -0.2) is 22.2 Å². The molecule has 0 bridgehead atoms. The lowest BCUT2D eigenvalue weighted by Gasteiger charge is -2.20. The van der Waals surface area contributed by atoms with E-state index in [0.29, 0.717) is 5.69 Å². The van der Waals surface area contributed by atoms with Crippen LogP contribution in [0.5, 0.6) is 0 Å². The fourth-order valence-corrected chi connectivity index (χ4v) is 4.09. The molecule has 0 radical (unpaired) electrons. The van der Waals surface area contributed by atoms with Gasteiger partial charge in [0.2, 0.25) is 10.0 Å². The molecule has 8 heteroatoms. The monoisotopic (exact) mass is 449 g/mol. The zero-order chi connectivity index (χ0) is 22.9. The first kappa shape index (κ1) is 21.5. The van der Waals surface area contributed by atoms with Crippen molar-refractivity contribution in [1.82, 2.24) is 14.5 Å². The predicted molar refractivity (Wildman–Crippen MR) is 121 cm³/mol. The maximum absolute atomic E-state index is 13.3. The molecule has 1 amide bonds. The maximum atomic E-state index is 13.3. The summed E-state index contributed by atoms with van der Waals surface area (Å²) in [4.78, 5) is 12.6. The Balaban J connectivity index is 1.77. The van der Waals surface area contributed by atoms with Gasteiger partial charge >= 0.3 is 0 Å². The van der Waals surface area contributed by atoms with Crippen molar-refractivity contribution in [3.63, 3.8) is 0 Å². The van der Waals surface area contributed by atoms with Crippen LogP contribution in [0.25, 0.3) is 16.6 Å². The second-order valence-electron chi connectivity index (χ2n) is 7.42. The second kappa shape index (κ2) is 8.39. The van der Waals surface area contributed by atoms with Crippen LogP contribution in [0.3, 0.4) is 0 Å². The fraction of sp³-hybridized carbons (Fsp3) is 0.0833. The van der Waals surface area contributed by atoms with Crippen LogP contribution in [0.15, 0.2) is 91.1 Å². The molecule has 1 atom stereocenters. The molecule has 0 saturated heterocycles. The van der Waals surface area contributed by atoms with Crippen LogP contribution in [0.2, 0.25) is 0 Å². The number of nitrogens with one attached hydrogen (secondary N) is 1. The van der Waals surface area contributed by atoms with Gasteiger partial charge in [-0.1, -0.05) is 43.0 Å². The van der Waals surface area contributed by atoms with Gasteiger partial charge in [0.05, 0.1) is 23.7 Å². The third-order valence-corrected chi connectivity index (χ3v) is 5.60. The first-order valence-corrected chi connectivity index (χ1v) is 11.6. The third-order valence-electron chi connectivity index (χ3n) is 5.05. The first-order chi connectivity index (χ1) is 15.2. The van der Waals surface area contributed by atoms with Gasteiger partial charge in [0.1, 0.15) is 5.82 Å². The van der Waals surface area contributed by atoms with Crippen molar-refractivity contribution in [2.75, 3.05) is 6.26 Å². The average Bonchev–Trinajstić information content (AvgIpc) is 3.17. The topological polar surface area (TPSA) is 81.1 Å². The van der Waals surface area contributed by atoms with Crippen molar-refractivity contribution in [3.05, 3.63) is 108 Å². The number of halogens is 1. The van der Waals surface area contributed by atoms with E-state index in [1.807, 2.05) is 53.3 Å². The summed E-state index contributed by atoms with van der Waals surface area (Å²) in [6, 6.07) is 20.9. The Bertz CT molecular complexity index is 1410. The number of benzene rings is 3. The van der Waals surface area contributed by atoms with Crippen LogP contribution in [-0.2, 0) is 14.8 Å². The van der Waals surface area contributed by atoms with Crippen molar-refractivity contribution in [1.29, 1.82) is 0 Å². The van der Waals surface area contributed by atoms with Crippen molar-refractivity contribution in [2.24, 2.45) is 0 Å². The van der Waals surface area contributed by atoms with Gasteiger partial charge in [-0.15, -0.1) is 0 Å². The zero-order valence-electron chi connectivity index (χ0n) is 17.2. The summed E-state index contributed by atoms with van der Waals surface area (Å²) < 4.78 is 40.1. The number of nitrogens with zero attached hydrogens (tertiary/aromatic N) is 2. The highest BCUT2D eigenvalue weighted by atomic mass is 32.2. The van der Waals surface area contributed by atoms with E-state index in [2.05, 4.69) is 11.7 Å². The van der Waals surface area contributed by atoms with E-state index in [4.69, 9.17) is 0 Å². The highest BCUT2D eigenvalue weighted by molar-refractivity contribution is 7.89. The van der Waals surface area contributed by atoms with E-state index >= 15 is 0 Å². The van der Waals surface area contributed by atoms with Crippen LogP contribution in [0.1, 0.15) is 17.0 Å². The van der Waals surface area contributed by atoms with Crippen molar-refractivity contribution in [2.45, 2.75) is 5.92 Å². The van der Waals surface area contributed by atoms with Gasteiger partial charge in [-0.05, 0) is 47.5 Å².